The van der Waals surface area contributed by atoms with Gasteiger partial charge in [-0.05, 0) is 35.1 Å². The van der Waals surface area contributed by atoms with E-state index in [4.69, 9.17) is 4.74 Å². The normalized spacial score (nSPS) is 10.5. The predicted molar refractivity (Wildman–Crippen MR) is 63.1 cm³/mol. The Balaban J connectivity index is 2.19. The van der Waals surface area contributed by atoms with Crippen LogP contribution in [0.15, 0.2) is 36.5 Å². The highest BCUT2D eigenvalue weighted by atomic mass is 32.1. The van der Waals surface area contributed by atoms with Crippen LogP contribution in [0.3, 0.4) is 0 Å². The van der Waals surface area contributed by atoms with Crippen LogP contribution in [0.2, 0.25) is 0 Å². The first kappa shape index (κ1) is 10.3. The van der Waals surface area contributed by atoms with E-state index < -0.39 is 0 Å². The molecule has 2 rings (SSSR count). The number of ether oxygens (including phenoxy) is 1. The van der Waals surface area contributed by atoms with E-state index in [9.17, 15) is 0 Å². The van der Waals surface area contributed by atoms with Gasteiger partial charge in [-0.15, -0.1) is 0 Å². The second kappa shape index (κ2) is 5.05. The molecule has 0 aliphatic heterocycles. The Bertz CT molecular complexity index is 411. The summed E-state index contributed by atoms with van der Waals surface area (Å²) in [5.74, 6) is 0. The molecule has 0 saturated carbocycles. The summed E-state index contributed by atoms with van der Waals surface area (Å²) in [6, 6.07) is 10.6. The summed E-state index contributed by atoms with van der Waals surface area (Å²) >= 11 is 1.53. The highest BCUT2D eigenvalue weighted by Gasteiger charge is 2.00. The van der Waals surface area contributed by atoms with Gasteiger partial charge in [0.25, 0.3) is 0 Å². The van der Waals surface area contributed by atoms with Crippen molar-refractivity contribution in [3.8, 4) is 10.4 Å². The lowest BCUT2D eigenvalue weighted by Crippen LogP contribution is -1.93. The average Bonchev–Trinajstić information content (AvgIpc) is 2.80. The molecular weight excluding hydrogens is 206 g/mol. The van der Waals surface area contributed by atoms with Gasteiger partial charge in [-0.2, -0.15) is 0 Å². The molecule has 0 spiro atoms. The van der Waals surface area contributed by atoms with Crippen molar-refractivity contribution in [3.05, 3.63) is 42.1 Å². The van der Waals surface area contributed by atoms with Gasteiger partial charge in [-0.3, -0.25) is 0 Å². The van der Waals surface area contributed by atoms with Gasteiger partial charge in [0, 0.05) is 13.3 Å². The van der Waals surface area contributed by atoms with Crippen LogP contribution in [0.25, 0.3) is 10.4 Å². The predicted octanol–water partition coefficient (Wildman–Crippen LogP) is 3.00. The molecule has 0 aliphatic carbocycles. The molecule has 0 fully saturated rings. The van der Waals surface area contributed by atoms with Crippen LogP contribution in [0.4, 0.5) is 0 Å². The van der Waals surface area contributed by atoms with Gasteiger partial charge in [0.15, 0.2) is 0 Å². The zero-order chi connectivity index (χ0) is 10.5. The average molecular weight is 219 g/mol. The van der Waals surface area contributed by atoms with E-state index in [1.165, 1.54) is 27.5 Å². The van der Waals surface area contributed by atoms with Crippen molar-refractivity contribution in [2.24, 2.45) is 0 Å². The fourth-order valence-corrected chi connectivity index (χ4v) is 2.05. The lowest BCUT2D eigenvalue weighted by Gasteiger charge is -2.02. The van der Waals surface area contributed by atoms with E-state index in [0.717, 1.165) is 13.0 Å². The molecule has 1 aromatic heterocycles. The maximum absolute atomic E-state index is 5.07. The number of hydrogen-bond acceptors (Lipinski definition) is 3. The SMILES string of the molecule is COCCc1cccc(-c2ccns2)c1. The first-order valence-corrected chi connectivity index (χ1v) is 5.66. The highest BCUT2D eigenvalue weighted by Crippen LogP contribution is 2.23. The number of rotatable bonds is 4. The molecule has 0 radical (unpaired) electrons. The molecule has 0 unspecified atom stereocenters. The van der Waals surface area contributed by atoms with Crippen LogP contribution in [0.1, 0.15) is 5.56 Å². The molecule has 1 aromatic carbocycles. The quantitative estimate of drug-likeness (QED) is 0.788. The first-order chi connectivity index (χ1) is 7.40. The zero-order valence-corrected chi connectivity index (χ0v) is 9.46. The third-order valence-corrected chi connectivity index (χ3v) is 3.04. The van der Waals surface area contributed by atoms with Crippen LogP contribution in [-0.2, 0) is 11.2 Å². The summed E-state index contributed by atoms with van der Waals surface area (Å²) in [4.78, 5) is 1.22. The summed E-state index contributed by atoms with van der Waals surface area (Å²) in [6.07, 6.45) is 2.80. The Morgan fingerprint density at radius 1 is 1.33 bits per heavy atom. The molecule has 3 heteroatoms. The van der Waals surface area contributed by atoms with Gasteiger partial charge in [0.1, 0.15) is 0 Å². The summed E-state index contributed by atoms with van der Waals surface area (Å²) in [7, 11) is 1.73. The summed E-state index contributed by atoms with van der Waals surface area (Å²) in [6.45, 7) is 0.770. The zero-order valence-electron chi connectivity index (χ0n) is 8.64. The summed E-state index contributed by atoms with van der Waals surface area (Å²) in [5.41, 5.74) is 2.55. The largest absolute Gasteiger partial charge is 0.384 e. The van der Waals surface area contributed by atoms with Gasteiger partial charge < -0.3 is 4.74 Å². The topological polar surface area (TPSA) is 22.1 Å². The molecule has 15 heavy (non-hydrogen) atoms. The minimum Gasteiger partial charge on any atom is -0.384 e. The number of benzene rings is 1. The molecular formula is C12H13NOS. The minimum atomic E-state index is 0.770. The molecule has 78 valence electrons. The Kier molecular flexibility index (Phi) is 3.48. The Labute approximate surface area is 93.7 Å². The molecule has 0 amide bonds. The Morgan fingerprint density at radius 2 is 2.27 bits per heavy atom. The van der Waals surface area contributed by atoms with Gasteiger partial charge in [0.2, 0.25) is 0 Å². The maximum Gasteiger partial charge on any atom is 0.0549 e. The lowest BCUT2D eigenvalue weighted by molar-refractivity contribution is 0.202. The second-order valence-electron chi connectivity index (χ2n) is 3.32. The monoisotopic (exact) mass is 219 g/mol. The van der Waals surface area contributed by atoms with E-state index >= 15 is 0 Å². The van der Waals surface area contributed by atoms with Crippen LogP contribution in [-0.4, -0.2) is 18.1 Å². The van der Waals surface area contributed by atoms with Gasteiger partial charge in [-0.25, -0.2) is 4.37 Å². The molecule has 0 N–H and O–H groups in total. The van der Waals surface area contributed by atoms with E-state index in [1.54, 1.807) is 7.11 Å². The Morgan fingerprint density at radius 3 is 3.00 bits per heavy atom. The van der Waals surface area contributed by atoms with Gasteiger partial charge >= 0.3 is 0 Å². The lowest BCUT2D eigenvalue weighted by atomic mass is 10.1. The molecule has 0 aliphatic rings. The van der Waals surface area contributed by atoms with Crippen molar-refractivity contribution in [2.75, 3.05) is 13.7 Å². The number of methoxy groups -OCH3 is 1. The number of aromatic nitrogens is 1. The van der Waals surface area contributed by atoms with Crippen molar-refractivity contribution in [1.29, 1.82) is 0 Å². The molecule has 0 atom stereocenters. The second-order valence-corrected chi connectivity index (χ2v) is 4.15. The van der Waals surface area contributed by atoms with Crippen LogP contribution in [0.5, 0.6) is 0 Å². The van der Waals surface area contributed by atoms with E-state index in [2.05, 4.69) is 28.6 Å². The van der Waals surface area contributed by atoms with Crippen molar-refractivity contribution < 1.29 is 4.74 Å². The van der Waals surface area contributed by atoms with E-state index in [0.29, 0.717) is 0 Å². The van der Waals surface area contributed by atoms with Crippen molar-refractivity contribution in [3.63, 3.8) is 0 Å². The smallest absolute Gasteiger partial charge is 0.0549 e. The number of hydrogen-bond donors (Lipinski definition) is 0. The van der Waals surface area contributed by atoms with Crippen LogP contribution < -0.4 is 0 Å². The molecule has 0 bridgehead atoms. The summed E-state index contributed by atoms with van der Waals surface area (Å²) in [5, 5.41) is 0. The minimum absolute atomic E-state index is 0.770. The molecule has 2 aromatic rings. The molecule has 0 saturated heterocycles. The Hall–Kier alpha value is -1.19. The standard InChI is InChI=1S/C12H13NOS/c1-14-8-6-10-3-2-4-11(9-10)12-5-7-13-15-12/h2-5,7,9H,6,8H2,1H3. The van der Waals surface area contributed by atoms with Crippen molar-refractivity contribution in [2.45, 2.75) is 6.42 Å². The molecule has 1 heterocycles. The highest BCUT2D eigenvalue weighted by molar-refractivity contribution is 7.09. The fourth-order valence-electron chi connectivity index (χ4n) is 1.46. The van der Waals surface area contributed by atoms with Crippen molar-refractivity contribution >= 4 is 11.5 Å². The number of nitrogens with zero attached hydrogens (tertiary/aromatic N) is 1. The van der Waals surface area contributed by atoms with Crippen molar-refractivity contribution in [1.82, 2.24) is 4.37 Å². The van der Waals surface area contributed by atoms with E-state index in [1.807, 2.05) is 12.3 Å². The maximum atomic E-state index is 5.07. The third kappa shape index (κ3) is 2.64. The van der Waals surface area contributed by atoms with E-state index in [-0.39, 0.29) is 0 Å². The summed E-state index contributed by atoms with van der Waals surface area (Å²) < 4.78 is 9.17. The van der Waals surface area contributed by atoms with Crippen LogP contribution in [0, 0.1) is 0 Å². The fraction of sp³-hybridized carbons (Fsp3) is 0.250. The van der Waals surface area contributed by atoms with Crippen LogP contribution >= 0.6 is 11.5 Å². The van der Waals surface area contributed by atoms with Gasteiger partial charge in [-0.1, -0.05) is 24.3 Å². The third-order valence-electron chi connectivity index (χ3n) is 2.24. The molecule has 2 nitrogen and oxygen atoms in total. The van der Waals surface area contributed by atoms with Gasteiger partial charge in [0.05, 0.1) is 11.5 Å². The first-order valence-electron chi connectivity index (χ1n) is 4.89.